The zero-order valence-corrected chi connectivity index (χ0v) is 22.5. The third kappa shape index (κ3) is 13.6. The van der Waals surface area contributed by atoms with Gasteiger partial charge in [-0.25, -0.2) is 4.79 Å². The number of nitrogens with two attached hydrogens (primary N) is 3. The number of aliphatic hydroxyl groups excluding tert-OH is 3. The molecule has 0 heterocycles. The van der Waals surface area contributed by atoms with Gasteiger partial charge in [0.2, 0.25) is 23.6 Å². The van der Waals surface area contributed by atoms with Crippen LogP contribution in [0.5, 0.6) is 0 Å². The molecule has 7 atom stereocenters. The maximum Gasteiger partial charge on any atom is 0.328 e. The molecule has 2 unspecified atom stereocenters. The molecular formula is C23H45N7O9. The Bertz CT molecular complexity index is 798. The van der Waals surface area contributed by atoms with Crippen LogP contribution in [-0.2, 0) is 24.0 Å². The molecule has 0 aliphatic carbocycles. The second-order valence-electron chi connectivity index (χ2n) is 9.27. The number of carboxylic acid groups (broad SMARTS) is 1. The first kappa shape index (κ1) is 36.1. The number of aliphatic hydroxyl groups is 3. The van der Waals surface area contributed by atoms with Crippen molar-refractivity contribution in [2.24, 2.45) is 17.2 Å². The SMILES string of the molecule is CC(O)[C@H](NC(=O)[C@@H](NC(=O)[C@@H](N)CCCCN)C(C)O)C(=O)N[C@@H](CCCCN)C(=O)N[C@@H](CO)C(=O)O. The molecule has 0 aromatic heterocycles. The molecule has 0 spiro atoms. The van der Waals surface area contributed by atoms with Crippen molar-refractivity contribution in [2.45, 2.75) is 94.8 Å². The summed E-state index contributed by atoms with van der Waals surface area (Å²) in [6.07, 6.45) is -0.453. The van der Waals surface area contributed by atoms with Gasteiger partial charge in [-0.05, 0) is 59.0 Å². The predicted molar refractivity (Wildman–Crippen MR) is 140 cm³/mol. The summed E-state index contributed by atoms with van der Waals surface area (Å²) in [5.74, 6) is -5.09. The van der Waals surface area contributed by atoms with Gasteiger partial charge in [0.15, 0.2) is 0 Å². The number of carbonyl (C=O) groups is 5. The number of amides is 4. The Hall–Kier alpha value is -2.89. The van der Waals surface area contributed by atoms with Crippen LogP contribution in [0.1, 0.15) is 52.4 Å². The molecule has 0 radical (unpaired) electrons. The highest BCUT2D eigenvalue weighted by Crippen LogP contribution is 2.06. The average molecular weight is 564 g/mol. The van der Waals surface area contributed by atoms with E-state index in [4.69, 9.17) is 22.3 Å². The Morgan fingerprint density at radius 2 is 1.10 bits per heavy atom. The van der Waals surface area contributed by atoms with Crippen LogP contribution in [0.3, 0.4) is 0 Å². The van der Waals surface area contributed by atoms with Gasteiger partial charge in [-0.1, -0.05) is 6.42 Å². The molecular weight excluding hydrogens is 518 g/mol. The lowest BCUT2D eigenvalue weighted by Crippen LogP contribution is -2.62. The van der Waals surface area contributed by atoms with Crippen LogP contribution < -0.4 is 38.5 Å². The van der Waals surface area contributed by atoms with E-state index in [0.717, 1.165) is 0 Å². The van der Waals surface area contributed by atoms with Gasteiger partial charge in [-0.3, -0.25) is 19.2 Å². The van der Waals surface area contributed by atoms with E-state index in [0.29, 0.717) is 45.2 Å². The molecule has 16 heteroatoms. The molecule has 0 aromatic rings. The van der Waals surface area contributed by atoms with Crippen molar-refractivity contribution in [3.05, 3.63) is 0 Å². The standard InChI is InChI=1S/C23H45N7O9/c1-12(32)17(30-22(37)18(13(2)33)29-19(34)14(26)7-3-5-9-24)21(36)27-15(8-4-6-10-25)20(35)28-16(11-31)23(38)39/h12-18,31-33H,3-11,24-26H2,1-2H3,(H,27,36)(H,28,35)(H,29,34)(H,30,37)(H,38,39)/t12?,13?,14-,15-,16-,17-,18-/m0/s1. The molecule has 39 heavy (non-hydrogen) atoms. The molecule has 226 valence electrons. The molecule has 0 aliphatic heterocycles. The van der Waals surface area contributed by atoms with Gasteiger partial charge in [0.1, 0.15) is 24.2 Å². The van der Waals surface area contributed by atoms with E-state index in [1.165, 1.54) is 13.8 Å². The number of nitrogens with one attached hydrogen (secondary N) is 4. The van der Waals surface area contributed by atoms with Crippen LogP contribution in [0.15, 0.2) is 0 Å². The Labute approximate surface area is 227 Å². The first-order chi connectivity index (χ1) is 18.3. The second kappa shape index (κ2) is 19.2. The first-order valence-electron chi connectivity index (χ1n) is 12.9. The Kier molecular flexibility index (Phi) is 17.8. The molecule has 0 rings (SSSR count). The van der Waals surface area contributed by atoms with Gasteiger partial charge in [0, 0.05) is 0 Å². The third-order valence-electron chi connectivity index (χ3n) is 5.81. The lowest BCUT2D eigenvalue weighted by molar-refractivity contribution is -0.143. The highest BCUT2D eigenvalue weighted by atomic mass is 16.4. The fourth-order valence-electron chi connectivity index (χ4n) is 3.43. The normalized spacial score (nSPS) is 16.5. The number of hydrogen-bond donors (Lipinski definition) is 11. The van der Waals surface area contributed by atoms with Crippen LogP contribution in [0.2, 0.25) is 0 Å². The van der Waals surface area contributed by atoms with Gasteiger partial charge >= 0.3 is 5.97 Å². The quantitative estimate of drug-likeness (QED) is 0.0623. The van der Waals surface area contributed by atoms with Crippen molar-refractivity contribution in [1.29, 1.82) is 0 Å². The fraction of sp³-hybridized carbons (Fsp3) is 0.783. The largest absolute Gasteiger partial charge is 0.480 e. The molecule has 0 saturated heterocycles. The Balaban J connectivity index is 5.57. The summed E-state index contributed by atoms with van der Waals surface area (Å²) >= 11 is 0. The smallest absolute Gasteiger partial charge is 0.328 e. The molecule has 14 N–H and O–H groups in total. The zero-order valence-electron chi connectivity index (χ0n) is 22.5. The second-order valence-corrected chi connectivity index (χ2v) is 9.27. The lowest BCUT2D eigenvalue weighted by atomic mass is 10.0. The highest BCUT2D eigenvalue weighted by Gasteiger charge is 2.35. The minimum Gasteiger partial charge on any atom is -0.480 e. The summed E-state index contributed by atoms with van der Waals surface area (Å²) in [6.45, 7) is 2.27. The van der Waals surface area contributed by atoms with Crippen molar-refractivity contribution < 1.29 is 44.4 Å². The van der Waals surface area contributed by atoms with E-state index >= 15 is 0 Å². The molecule has 16 nitrogen and oxygen atoms in total. The van der Waals surface area contributed by atoms with Crippen molar-refractivity contribution in [1.82, 2.24) is 21.3 Å². The van der Waals surface area contributed by atoms with Crippen molar-refractivity contribution in [3.8, 4) is 0 Å². The minimum atomic E-state index is -1.62. The number of carbonyl (C=O) groups excluding carboxylic acids is 4. The van der Waals surface area contributed by atoms with E-state index in [-0.39, 0.29) is 6.42 Å². The van der Waals surface area contributed by atoms with E-state index in [2.05, 4.69) is 21.3 Å². The van der Waals surface area contributed by atoms with Gasteiger partial charge in [0.25, 0.3) is 0 Å². The van der Waals surface area contributed by atoms with E-state index in [1.807, 2.05) is 0 Å². The number of carboxylic acids is 1. The van der Waals surface area contributed by atoms with E-state index in [1.54, 1.807) is 0 Å². The van der Waals surface area contributed by atoms with Gasteiger partial charge in [-0.15, -0.1) is 0 Å². The lowest BCUT2D eigenvalue weighted by Gasteiger charge is -2.28. The minimum absolute atomic E-state index is 0.0431. The number of rotatable bonds is 20. The van der Waals surface area contributed by atoms with Crippen molar-refractivity contribution >= 4 is 29.6 Å². The fourth-order valence-corrected chi connectivity index (χ4v) is 3.43. The Morgan fingerprint density at radius 1 is 0.667 bits per heavy atom. The number of hydrogen-bond acceptors (Lipinski definition) is 11. The van der Waals surface area contributed by atoms with E-state index in [9.17, 15) is 39.3 Å². The van der Waals surface area contributed by atoms with Crippen molar-refractivity contribution in [2.75, 3.05) is 19.7 Å². The first-order valence-corrected chi connectivity index (χ1v) is 12.9. The van der Waals surface area contributed by atoms with Crippen LogP contribution in [0, 0.1) is 0 Å². The molecule has 0 fully saturated rings. The summed E-state index contributed by atoms with van der Waals surface area (Å²) in [5.41, 5.74) is 16.7. The summed E-state index contributed by atoms with van der Waals surface area (Å²) in [5, 5.41) is 47.6. The van der Waals surface area contributed by atoms with Crippen LogP contribution in [0.4, 0.5) is 0 Å². The summed E-state index contributed by atoms with van der Waals surface area (Å²) in [4.78, 5) is 62.1. The third-order valence-corrected chi connectivity index (χ3v) is 5.81. The molecule has 0 bridgehead atoms. The maximum absolute atomic E-state index is 13.0. The van der Waals surface area contributed by atoms with Crippen molar-refractivity contribution in [3.63, 3.8) is 0 Å². The number of unbranched alkanes of at least 4 members (excludes halogenated alkanes) is 2. The predicted octanol–water partition coefficient (Wildman–Crippen LogP) is -4.65. The highest BCUT2D eigenvalue weighted by molar-refractivity contribution is 5.95. The summed E-state index contributed by atoms with van der Waals surface area (Å²) in [6, 6.07) is -7.00. The molecule has 0 saturated carbocycles. The topological polar surface area (TPSA) is 292 Å². The van der Waals surface area contributed by atoms with E-state index < -0.39 is 78.6 Å². The number of aliphatic carboxylic acids is 1. The van der Waals surface area contributed by atoms with Crippen LogP contribution in [0.25, 0.3) is 0 Å². The van der Waals surface area contributed by atoms with Crippen LogP contribution in [-0.4, -0.2) is 112 Å². The van der Waals surface area contributed by atoms with Crippen LogP contribution >= 0.6 is 0 Å². The average Bonchev–Trinajstić information content (AvgIpc) is 2.87. The molecule has 0 aromatic carbocycles. The monoisotopic (exact) mass is 563 g/mol. The molecule has 4 amide bonds. The van der Waals surface area contributed by atoms with Gasteiger partial charge in [0.05, 0.1) is 24.9 Å². The van der Waals surface area contributed by atoms with Gasteiger partial charge in [-0.2, -0.15) is 0 Å². The summed E-state index contributed by atoms with van der Waals surface area (Å²) in [7, 11) is 0. The summed E-state index contributed by atoms with van der Waals surface area (Å²) < 4.78 is 0. The van der Waals surface area contributed by atoms with Gasteiger partial charge < -0.3 is 58.9 Å². The molecule has 0 aliphatic rings. The maximum atomic E-state index is 13.0. The Morgan fingerprint density at radius 3 is 1.54 bits per heavy atom. The zero-order chi connectivity index (χ0) is 30.1.